The normalized spacial score (nSPS) is 15.4. The molecule has 0 spiro atoms. The highest BCUT2D eigenvalue weighted by atomic mass is 14.9. The third-order valence-corrected chi connectivity index (χ3v) is 2.50. The van der Waals surface area contributed by atoms with E-state index >= 15 is 0 Å². The van der Waals surface area contributed by atoms with E-state index in [9.17, 15) is 0 Å². The Kier molecular flexibility index (Phi) is 1.47. The van der Waals surface area contributed by atoms with Gasteiger partial charge in [-0.15, -0.1) is 0 Å². The van der Waals surface area contributed by atoms with Crippen LogP contribution in [0.2, 0.25) is 0 Å². The molecule has 0 amide bonds. The summed E-state index contributed by atoms with van der Waals surface area (Å²) in [4.78, 5) is 0. The second-order valence-electron chi connectivity index (χ2n) is 3.35. The molecule has 2 heterocycles. The van der Waals surface area contributed by atoms with Crippen LogP contribution in [0.4, 0.5) is 5.69 Å². The average Bonchev–Trinajstić information content (AvgIpc) is 2.29. The van der Waals surface area contributed by atoms with Gasteiger partial charge in [0, 0.05) is 24.2 Å². The van der Waals surface area contributed by atoms with Crippen molar-refractivity contribution in [3.8, 4) is 0 Å². The van der Waals surface area contributed by atoms with Crippen molar-refractivity contribution in [3.05, 3.63) is 46.6 Å². The van der Waals surface area contributed by atoms with E-state index in [-0.39, 0.29) is 0 Å². The fourth-order valence-electron chi connectivity index (χ4n) is 1.81. The van der Waals surface area contributed by atoms with Gasteiger partial charge < -0.3 is 10.6 Å². The Morgan fingerprint density at radius 3 is 2.93 bits per heavy atom. The van der Waals surface area contributed by atoms with E-state index < -0.39 is 0 Å². The molecule has 2 heteroatoms. The van der Waals surface area contributed by atoms with E-state index in [4.69, 9.17) is 0 Å². The minimum absolute atomic E-state index is 1.19. The maximum Gasteiger partial charge on any atom is 0.0534 e. The van der Waals surface area contributed by atoms with Crippen molar-refractivity contribution in [1.82, 2.24) is 5.32 Å². The number of allylic oxidation sites excluding steroid dienone is 1. The monoisotopic (exact) mass is 182 g/mol. The third-order valence-electron chi connectivity index (χ3n) is 2.50. The Morgan fingerprint density at radius 1 is 1.00 bits per heavy atom. The molecule has 0 bridgehead atoms. The van der Waals surface area contributed by atoms with Gasteiger partial charge in [0.15, 0.2) is 0 Å². The summed E-state index contributed by atoms with van der Waals surface area (Å²) in [7, 11) is 0. The van der Waals surface area contributed by atoms with Gasteiger partial charge in [0.25, 0.3) is 0 Å². The Labute approximate surface area is 82.0 Å². The number of anilines is 1. The molecule has 1 aromatic rings. The number of rotatable bonds is 0. The predicted octanol–water partition coefficient (Wildman–Crippen LogP) is 0.718. The summed E-state index contributed by atoms with van der Waals surface area (Å²) in [5.74, 6) is 0. The highest BCUT2D eigenvalue weighted by molar-refractivity contribution is 5.74. The lowest BCUT2D eigenvalue weighted by Crippen LogP contribution is -2.23. The van der Waals surface area contributed by atoms with Crippen LogP contribution in [-0.2, 0) is 0 Å². The van der Waals surface area contributed by atoms with Crippen LogP contribution in [0.25, 0.3) is 18.4 Å². The van der Waals surface area contributed by atoms with E-state index in [2.05, 4.69) is 34.9 Å². The van der Waals surface area contributed by atoms with Gasteiger partial charge in [0.2, 0.25) is 0 Å². The molecule has 3 rings (SSSR count). The van der Waals surface area contributed by atoms with Gasteiger partial charge in [0.05, 0.1) is 5.69 Å². The van der Waals surface area contributed by atoms with Crippen LogP contribution in [0.3, 0.4) is 0 Å². The minimum Gasteiger partial charge on any atom is -0.367 e. The molecule has 0 aliphatic carbocycles. The predicted molar refractivity (Wildman–Crippen MR) is 59.6 cm³/mol. The van der Waals surface area contributed by atoms with Crippen LogP contribution in [0.15, 0.2) is 30.6 Å². The largest absolute Gasteiger partial charge is 0.367 e. The van der Waals surface area contributed by atoms with Crippen LogP contribution < -0.4 is 21.1 Å². The summed E-state index contributed by atoms with van der Waals surface area (Å²) in [5, 5.41) is 8.83. The van der Waals surface area contributed by atoms with Gasteiger partial charge in [-0.3, -0.25) is 0 Å². The molecule has 68 valence electrons. The van der Waals surface area contributed by atoms with Gasteiger partial charge in [0.1, 0.15) is 0 Å². The number of fused-ring (bicyclic) bond motifs is 3. The van der Waals surface area contributed by atoms with Gasteiger partial charge in [-0.25, -0.2) is 0 Å². The van der Waals surface area contributed by atoms with Crippen molar-refractivity contribution in [2.75, 3.05) is 5.32 Å². The van der Waals surface area contributed by atoms with Crippen molar-refractivity contribution >= 4 is 24.0 Å². The van der Waals surface area contributed by atoms with Crippen molar-refractivity contribution in [3.63, 3.8) is 0 Å². The SMILES string of the molecule is C1=CNc2c3c(ccc2=C1)=CNC=C3. The Hall–Kier alpha value is -1.96. The van der Waals surface area contributed by atoms with Crippen molar-refractivity contribution < 1.29 is 0 Å². The maximum atomic E-state index is 3.28. The van der Waals surface area contributed by atoms with Crippen LogP contribution in [0.5, 0.6) is 0 Å². The van der Waals surface area contributed by atoms with Crippen LogP contribution in [0.1, 0.15) is 5.56 Å². The van der Waals surface area contributed by atoms with Crippen LogP contribution in [0, 0.1) is 0 Å². The first-order valence-corrected chi connectivity index (χ1v) is 4.64. The smallest absolute Gasteiger partial charge is 0.0534 e. The first-order valence-electron chi connectivity index (χ1n) is 4.64. The molecule has 0 unspecified atom stereocenters. The third kappa shape index (κ3) is 0.973. The molecule has 0 saturated heterocycles. The molecule has 0 fully saturated rings. The first kappa shape index (κ1) is 7.44. The zero-order chi connectivity index (χ0) is 9.38. The first-order chi connectivity index (χ1) is 6.95. The van der Waals surface area contributed by atoms with E-state index in [0.29, 0.717) is 0 Å². The molecule has 2 nitrogen and oxygen atoms in total. The highest BCUT2D eigenvalue weighted by Crippen LogP contribution is 2.11. The summed E-state index contributed by atoms with van der Waals surface area (Å²) in [6, 6.07) is 4.25. The van der Waals surface area contributed by atoms with Crippen molar-refractivity contribution in [2.24, 2.45) is 0 Å². The molecule has 2 N–H and O–H groups in total. The molecule has 1 aromatic carbocycles. The molecular weight excluding hydrogens is 172 g/mol. The zero-order valence-electron chi connectivity index (χ0n) is 7.62. The summed E-state index contributed by atoms with van der Waals surface area (Å²) in [5.41, 5.74) is 2.45. The lowest BCUT2D eigenvalue weighted by molar-refractivity contribution is 1.25. The second kappa shape index (κ2) is 2.77. The van der Waals surface area contributed by atoms with Crippen molar-refractivity contribution in [2.45, 2.75) is 0 Å². The molecule has 0 atom stereocenters. The maximum absolute atomic E-state index is 3.28. The molecule has 2 aliphatic heterocycles. The molecule has 14 heavy (non-hydrogen) atoms. The number of benzene rings is 1. The minimum atomic E-state index is 1.19. The Bertz CT molecular complexity index is 550. The lowest BCUT2D eigenvalue weighted by atomic mass is 10.1. The van der Waals surface area contributed by atoms with Gasteiger partial charge >= 0.3 is 0 Å². The van der Waals surface area contributed by atoms with E-state index in [0.717, 1.165) is 0 Å². The Morgan fingerprint density at radius 2 is 1.93 bits per heavy atom. The molecule has 2 aliphatic rings. The van der Waals surface area contributed by atoms with E-state index in [1.165, 1.54) is 21.7 Å². The topological polar surface area (TPSA) is 24.1 Å². The summed E-state index contributed by atoms with van der Waals surface area (Å²) >= 11 is 0. The number of hydrogen-bond donors (Lipinski definition) is 2. The van der Waals surface area contributed by atoms with Gasteiger partial charge in [-0.1, -0.05) is 18.2 Å². The Balaban J connectivity index is 2.42. The summed E-state index contributed by atoms with van der Waals surface area (Å²) < 4.78 is 0. The fraction of sp³-hybridized carbons (Fsp3) is 0. The number of nitrogens with one attached hydrogen (secondary N) is 2. The molecular formula is C12H10N2. The summed E-state index contributed by atoms with van der Waals surface area (Å²) in [6.45, 7) is 0. The van der Waals surface area contributed by atoms with Gasteiger partial charge in [-0.05, 0) is 22.6 Å². The van der Waals surface area contributed by atoms with Crippen molar-refractivity contribution in [1.29, 1.82) is 0 Å². The molecule has 0 saturated carbocycles. The molecule has 0 aromatic heterocycles. The number of hydrogen-bond acceptors (Lipinski definition) is 2. The quantitative estimate of drug-likeness (QED) is 0.617. The molecule has 0 radical (unpaired) electrons. The second-order valence-corrected chi connectivity index (χ2v) is 3.35. The lowest BCUT2D eigenvalue weighted by Gasteiger charge is -2.13. The van der Waals surface area contributed by atoms with Crippen LogP contribution >= 0.6 is 0 Å². The van der Waals surface area contributed by atoms with E-state index in [1.807, 2.05) is 24.7 Å². The zero-order valence-corrected chi connectivity index (χ0v) is 7.62. The van der Waals surface area contributed by atoms with Gasteiger partial charge in [-0.2, -0.15) is 0 Å². The average molecular weight is 182 g/mol. The van der Waals surface area contributed by atoms with E-state index in [1.54, 1.807) is 0 Å². The van der Waals surface area contributed by atoms with Crippen LogP contribution in [-0.4, -0.2) is 0 Å². The summed E-state index contributed by atoms with van der Waals surface area (Å²) in [6.07, 6.45) is 12.1. The fourth-order valence-corrected chi connectivity index (χ4v) is 1.81. The standard InChI is InChI=1S/C12H10N2/c1-2-9-3-4-10-8-13-7-5-11(10)12(9)14-6-1/h1-8,13-14H. The highest BCUT2D eigenvalue weighted by Gasteiger charge is 2.05.